The minimum atomic E-state index is -3.37. The van der Waals surface area contributed by atoms with Gasteiger partial charge in [-0.05, 0) is 24.9 Å². The number of aromatic amines is 1. The Balaban J connectivity index is 1.83. The van der Waals surface area contributed by atoms with E-state index in [-0.39, 0.29) is 0 Å². The maximum absolute atomic E-state index is 12.1. The zero-order valence-corrected chi connectivity index (χ0v) is 12.9. The second-order valence-corrected chi connectivity index (χ2v) is 7.24. The van der Waals surface area contributed by atoms with Gasteiger partial charge in [-0.15, -0.1) is 0 Å². The van der Waals surface area contributed by atoms with Crippen LogP contribution in [0, 0.1) is 5.92 Å². The van der Waals surface area contributed by atoms with Crippen LogP contribution < -0.4 is 10.0 Å². The number of hydrogen-bond acceptors (Lipinski definition) is 3. The van der Waals surface area contributed by atoms with E-state index in [0.717, 1.165) is 18.7 Å². The van der Waals surface area contributed by atoms with Gasteiger partial charge in [-0.3, -0.25) is 0 Å². The van der Waals surface area contributed by atoms with Crippen molar-refractivity contribution < 1.29 is 8.42 Å². The van der Waals surface area contributed by atoms with Crippen LogP contribution in [0.4, 0.5) is 0 Å². The van der Waals surface area contributed by atoms with Gasteiger partial charge in [-0.25, -0.2) is 13.1 Å². The Morgan fingerprint density at radius 1 is 1.35 bits per heavy atom. The highest BCUT2D eigenvalue weighted by atomic mass is 32.2. The van der Waals surface area contributed by atoms with Crippen molar-refractivity contribution in [3.63, 3.8) is 0 Å². The zero-order valence-electron chi connectivity index (χ0n) is 12.1. The summed E-state index contributed by atoms with van der Waals surface area (Å²) in [5.74, 6) is 0.702. The van der Waals surface area contributed by atoms with E-state index in [9.17, 15) is 8.42 Å². The van der Waals surface area contributed by atoms with Crippen molar-refractivity contribution in [1.29, 1.82) is 0 Å². The third-order valence-corrected chi connectivity index (χ3v) is 5.35. The van der Waals surface area contributed by atoms with Crippen molar-refractivity contribution in [2.75, 3.05) is 13.1 Å². The van der Waals surface area contributed by atoms with E-state index < -0.39 is 10.0 Å². The Labute approximate surface area is 121 Å². The van der Waals surface area contributed by atoms with E-state index in [4.69, 9.17) is 0 Å². The summed E-state index contributed by atoms with van der Waals surface area (Å²) in [6.45, 7) is 4.08. The van der Waals surface area contributed by atoms with Crippen LogP contribution in [0.3, 0.4) is 0 Å². The highest BCUT2D eigenvalue weighted by Gasteiger charge is 2.18. The summed E-state index contributed by atoms with van der Waals surface area (Å²) in [6, 6.07) is 1.70. The maximum atomic E-state index is 12.1. The van der Waals surface area contributed by atoms with Crippen molar-refractivity contribution in [3.8, 4) is 0 Å². The van der Waals surface area contributed by atoms with Crippen molar-refractivity contribution in [1.82, 2.24) is 15.0 Å². The fraction of sp³-hybridized carbons (Fsp3) is 0.714. The van der Waals surface area contributed by atoms with Gasteiger partial charge >= 0.3 is 0 Å². The molecule has 3 N–H and O–H groups in total. The Bertz CT molecular complexity index is 504. The summed E-state index contributed by atoms with van der Waals surface area (Å²) < 4.78 is 27.0. The first-order chi connectivity index (χ1) is 9.62. The van der Waals surface area contributed by atoms with Gasteiger partial charge in [0.1, 0.15) is 0 Å². The lowest BCUT2D eigenvalue weighted by Crippen LogP contribution is -2.25. The third-order valence-electron chi connectivity index (χ3n) is 3.91. The lowest BCUT2D eigenvalue weighted by molar-refractivity contribution is 0.495. The number of aromatic nitrogens is 1. The highest BCUT2D eigenvalue weighted by molar-refractivity contribution is 7.89. The van der Waals surface area contributed by atoms with Crippen LogP contribution in [0.2, 0.25) is 0 Å². The predicted octanol–water partition coefficient (Wildman–Crippen LogP) is 1.98. The molecule has 0 radical (unpaired) electrons. The second-order valence-electron chi connectivity index (χ2n) is 5.48. The van der Waals surface area contributed by atoms with E-state index in [2.05, 4.69) is 15.0 Å². The lowest BCUT2D eigenvalue weighted by atomic mass is 10.1. The summed E-state index contributed by atoms with van der Waals surface area (Å²) in [6.07, 6.45) is 7.60. The van der Waals surface area contributed by atoms with Crippen LogP contribution in [-0.2, 0) is 16.6 Å². The third kappa shape index (κ3) is 4.33. The second kappa shape index (κ2) is 7.24. The van der Waals surface area contributed by atoms with Crippen LogP contribution in [-0.4, -0.2) is 26.5 Å². The molecule has 1 aliphatic rings. The van der Waals surface area contributed by atoms with Crippen molar-refractivity contribution in [3.05, 3.63) is 18.0 Å². The predicted molar refractivity (Wildman–Crippen MR) is 79.9 cm³/mol. The molecule has 5 nitrogen and oxygen atoms in total. The maximum Gasteiger partial charge on any atom is 0.242 e. The fourth-order valence-electron chi connectivity index (χ4n) is 2.72. The minimum absolute atomic E-state index is 0.330. The van der Waals surface area contributed by atoms with E-state index in [1.807, 2.05) is 6.92 Å². The Kier molecular flexibility index (Phi) is 5.63. The topological polar surface area (TPSA) is 74.0 Å². The molecule has 6 heteroatoms. The quantitative estimate of drug-likeness (QED) is 0.687. The molecular formula is C14H25N3O2S. The highest BCUT2D eigenvalue weighted by Crippen LogP contribution is 2.27. The van der Waals surface area contributed by atoms with Gasteiger partial charge in [-0.1, -0.05) is 32.6 Å². The van der Waals surface area contributed by atoms with Gasteiger partial charge in [0.2, 0.25) is 10.0 Å². The van der Waals surface area contributed by atoms with Crippen LogP contribution in [0.25, 0.3) is 0 Å². The first kappa shape index (κ1) is 15.5. The molecule has 0 atom stereocenters. The standard InChI is InChI=1S/C14H25N3O2S/c1-2-15-10-13-9-14(11-16-13)20(18,19)17-8-7-12-5-3-4-6-12/h9,11-12,15-17H,2-8,10H2,1H3. The number of H-pyrrole nitrogens is 1. The summed E-state index contributed by atoms with van der Waals surface area (Å²) >= 11 is 0. The van der Waals surface area contributed by atoms with Crippen LogP contribution >= 0.6 is 0 Å². The zero-order chi connectivity index (χ0) is 14.4. The molecule has 0 aliphatic heterocycles. The molecular weight excluding hydrogens is 274 g/mol. The minimum Gasteiger partial charge on any atom is -0.363 e. The largest absolute Gasteiger partial charge is 0.363 e. The van der Waals surface area contributed by atoms with Gasteiger partial charge in [0, 0.05) is 25.0 Å². The molecule has 1 aromatic rings. The van der Waals surface area contributed by atoms with Gasteiger partial charge in [0.05, 0.1) is 4.90 Å². The van der Waals surface area contributed by atoms with Gasteiger partial charge in [0.15, 0.2) is 0 Å². The normalized spacial score (nSPS) is 16.9. The molecule has 1 saturated carbocycles. The Morgan fingerprint density at radius 2 is 2.10 bits per heavy atom. The van der Waals surface area contributed by atoms with Crippen LogP contribution in [0.1, 0.15) is 44.7 Å². The monoisotopic (exact) mass is 299 g/mol. The molecule has 114 valence electrons. The Hall–Kier alpha value is -0.850. The molecule has 0 aromatic carbocycles. The van der Waals surface area contributed by atoms with Crippen molar-refractivity contribution in [2.24, 2.45) is 5.92 Å². The molecule has 0 unspecified atom stereocenters. The molecule has 20 heavy (non-hydrogen) atoms. The average Bonchev–Trinajstić information content (AvgIpc) is 3.07. The summed E-state index contributed by atoms with van der Waals surface area (Å²) in [4.78, 5) is 3.33. The van der Waals surface area contributed by atoms with Gasteiger partial charge in [-0.2, -0.15) is 0 Å². The summed E-state index contributed by atoms with van der Waals surface area (Å²) in [5, 5.41) is 3.16. The molecule has 0 bridgehead atoms. The van der Waals surface area contributed by atoms with Crippen LogP contribution in [0.15, 0.2) is 17.2 Å². The van der Waals surface area contributed by atoms with E-state index >= 15 is 0 Å². The molecule has 0 saturated heterocycles. The number of hydrogen-bond donors (Lipinski definition) is 3. The summed E-state index contributed by atoms with van der Waals surface area (Å²) in [7, 11) is -3.37. The number of rotatable bonds is 8. The van der Waals surface area contributed by atoms with E-state index in [0.29, 0.717) is 23.9 Å². The average molecular weight is 299 g/mol. The lowest BCUT2D eigenvalue weighted by Gasteiger charge is -2.09. The molecule has 1 aromatic heterocycles. The number of nitrogens with one attached hydrogen (secondary N) is 3. The van der Waals surface area contributed by atoms with Gasteiger partial charge < -0.3 is 10.3 Å². The molecule has 0 amide bonds. The smallest absolute Gasteiger partial charge is 0.242 e. The molecule has 1 aliphatic carbocycles. The van der Waals surface area contributed by atoms with E-state index in [1.54, 1.807) is 12.3 Å². The summed E-state index contributed by atoms with van der Waals surface area (Å²) in [5.41, 5.74) is 0.892. The van der Waals surface area contributed by atoms with Crippen molar-refractivity contribution in [2.45, 2.75) is 50.5 Å². The Morgan fingerprint density at radius 3 is 2.80 bits per heavy atom. The fourth-order valence-corrected chi connectivity index (χ4v) is 3.78. The molecule has 1 fully saturated rings. The molecule has 2 rings (SSSR count). The first-order valence-electron chi connectivity index (χ1n) is 7.49. The number of sulfonamides is 1. The molecule has 0 spiro atoms. The molecule has 1 heterocycles. The SMILES string of the molecule is CCNCc1cc(S(=O)(=O)NCCC2CCCC2)c[nH]1. The van der Waals surface area contributed by atoms with Gasteiger partial charge in [0.25, 0.3) is 0 Å². The van der Waals surface area contributed by atoms with Crippen molar-refractivity contribution >= 4 is 10.0 Å². The first-order valence-corrected chi connectivity index (χ1v) is 8.98. The van der Waals surface area contributed by atoms with Crippen LogP contribution in [0.5, 0.6) is 0 Å². The van der Waals surface area contributed by atoms with E-state index in [1.165, 1.54) is 25.7 Å².